The summed E-state index contributed by atoms with van der Waals surface area (Å²) in [4.78, 5) is 15.3. The summed E-state index contributed by atoms with van der Waals surface area (Å²) in [6.07, 6.45) is 2.28. The summed E-state index contributed by atoms with van der Waals surface area (Å²) in [5.41, 5.74) is 1.20. The van der Waals surface area contributed by atoms with Crippen molar-refractivity contribution in [3.05, 3.63) is 59.4 Å². The van der Waals surface area contributed by atoms with Crippen LogP contribution in [0.5, 0.6) is 0 Å². The SMILES string of the molecule is CSc1ccc(S(=O)(=O)NCCc2ccc(F)cc2)cc1C(=O)N1CCOCC1. The molecule has 1 aliphatic rings. The van der Waals surface area contributed by atoms with Crippen LogP contribution in [0.25, 0.3) is 0 Å². The van der Waals surface area contributed by atoms with Crippen molar-refractivity contribution >= 4 is 27.7 Å². The van der Waals surface area contributed by atoms with E-state index in [1.807, 2.05) is 6.26 Å². The van der Waals surface area contributed by atoms with Crippen molar-refractivity contribution in [1.82, 2.24) is 9.62 Å². The monoisotopic (exact) mass is 438 g/mol. The zero-order valence-corrected chi connectivity index (χ0v) is 17.7. The molecule has 1 saturated heterocycles. The van der Waals surface area contributed by atoms with E-state index >= 15 is 0 Å². The first-order chi connectivity index (χ1) is 13.9. The number of morpholine rings is 1. The van der Waals surface area contributed by atoms with Crippen molar-refractivity contribution in [3.8, 4) is 0 Å². The average molecular weight is 439 g/mol. The van der Waals surface area contributed by atoms with Gasteiger partial charge in [0.2, 0.25) is 10.0 Å². The second-order valence-electron chi connectivity index (χ2n) is 6.54. The Kier molecular flexibility index (Phi) is 7.28. The van der Waals surface area contributed by atoms with Gasteiger partial charge in [0.25, 0.3) is 5.91 Å². The van der Waals surface area contributed by atoms with Crippen LogP contribution in [0, 0.1) is 5.82 Å². The molecule has 0 unspecified atom stereocenters. The molecule has 1 fully saturated rings. The third kappa shape index (κ3) is 5.57. The van der Waals surface area contributed by atoms with Crippen molar-refractivity contribution in [1.29, 1.82) is 0 Å². The molecule has 156 valence electrons. The molecular formula is C20H23FN2O4S2. The number of benzene rings is 2. The van der Waals surface area contributed by atoms with E-state index in [-0.39, 0.29) is 23.2 Å². The van der Waals surface area contributed by atoms with Crippen LogP contribution < -0.4 is 4.72 Å². The quantitative estimate of drug-likeness (QED) is 0.673. The zero-order valence-electron chi connectivity index (χ0n) is 16.1. The smallest absolute Gasteiger partial charge is 0.255 e. The van der Waals surface area contributed by atoms with Gasteiger partial charge < -0.3 is 9.64 Å². The minimum atomic E-state index is -3.78. The number of hydrogen-bond donors (Lipinski definition) is 1. The van der Waals surface area contributed by atoms with Gasteiger partial charge in [0, 0.05) is 24.5 Å². The van der Waals surface area contributed by atoms with E-state index in [2.05, 4.69) is 4.72 Å². The number of hydrogen-bond acceptors (Lipinski definition) is 5. The number of nitrogens with one attached hydrogen (secondary N) is 1. The molecule has 6 nitrogen and oxygen atoms in total. The van der Waals surface area contributed by atoms with Gasteiger partial charge in [-0.25, -0.2) is 17.5 Å². The first-order valence-corrected chi connectivity index (χ1v) is 11.9. The summed E-state index contributed by atoms with van der Waals surface area (Å²) < 4.78 is 46.2. The maximum absolute atomic E-state index is 13.0. The standard InChI is InChI=1S/C20H23FN2O4S2/c1-28-19-7-6-17(14-18(19)20(24)23-10-12-27-13-11-23)29(25,26)22-9-8-15-2-4-16(21)5-3-15/h2-7,14,22H,8-13H2,1H3. The number of halogens is 1. The van der Waals surface area contributed by atoms with Gasteiger partial charge in [-0.15, -0.1) is 11.8 Å². The van der Waals surface area contributed by atoms with Crippen LogP contribution in [0.15, 0.2) is 52.3 Å². The number of rotatable bonds is 7. The molecule has 2 aromatic carbocycles. The molecule has 0 aliphatic carbocycles. The summed E-state index contributed by atoms with van der Waals surface area (Å²) in [6.45, 7) is 2.09. The Balaban J connectivity index is 1.74. The van der Waals surface area contributed by atoms with Crippen molar-refractivity contribution in [3.63, 3.8) is 0 Å². The van der Waals surface area contributed by atoms with E-state index in [0.717, 1.165) is 10.5 Å². The van der Waals surface area contributed by atoms with Crippen molar-refractivity contribution in [2.75, 3.05) is 39.1 Å². The number of carbonyl (C=O) groups excluding carboxylic acids is 1. The summed E-state index contributed by atoms with van der Waals surface area (Å²) >= 11 is 1.40. The number of carbonyl (C=O) groups is 1. The summed E-state index contributed by atoms with van der Waals surface area (Å²) in [7, 11) is -3.78. The predicted octanol–water partition coefficient (Wildman–Crippen LogP) is 2.54. The van der Waals surface area contributed by atoms with Crippen LogP contribution in [0.4, 0.5) is 4.39 Å². The minimum Gasteiger partial charge on any atom is -0.378 e. The van der Waals surface area contributed by atoms with E-state index in [0.29, 0.717) is 38.3 Å². The molecule has 1 amide bonds. The molecule has 1 heterocycles. The molecule has 0 aromatic heterocycles. The Morgan fingerprint density at radius 3 is 2.52 bits per heavy atom. The average Bonchev–Trinajstić information content (AvgIpc) is 2.74. The van der Waals surface area contributed by atoms with Gasteiger partial charge in [0.05, 0.1) is 23.7 Å². The lowest BCUT2D eigenvalue weighted by atomic mass is 10.1. The van der Waals surface area contributed by atoms with E-state index in [4.69, 9.17) is 4.74 Å². The summed E-state index contributed by atoms with van der Waals surface area (Å²) in [5, 5.41) is 0. The second kappa shape index (κ2) is 9.71. The number of amides is 1. The Morgan fingerprint density at radius 1 is 1.17 bits per heavy atom. The summed E-state index contributed by atoms with van der Waals surface area (Å²) in [5.74, 6) is -0.526. The first kappa shape index (κ1) is 21.8. The fourth-order valence-corrected chi connectivity index (χ4v) is 4.65. The van der Waals surface area contributed by atoms with Crippen molar-refractivity contribution < 1.29 is 22.3 Å². The van der Waals surface area contributed by atoms with E-state index in [1.54, 1.807) is 23.1 Å². The molecule has 0 bridgehead atoms. The predicted molar refractivity (Wildman–Crippen MR) is 110 cm³/mol. The molecular weight excluding hydrogens is 415 g/mol. The van der Waals surface area contributed by atoms with Crippen LogP contribution in [-0.4, -0.2) is 58.3 Å². The Bertz CT molecular complexity index is 959. The molecule has 9 heteroatoms. The highest BCUT2D eigenvalue weighted by atomic mass is 32.2. The van der Waals surface area contributed by atoms with Gasteiger partial charge in [-0.3, -0.25) is 4.79 Å². The van der Waals surface area contributed by atoms with Crippen LogP contribution in [0.3, 0.4) is 0 Å². The van der Waals surface area contributed by atoms with Gasteiger partial charge in [0.1, 0.15) is 5.82 Å². The van der Waals surface area contributed by atoms with Gasteiger partial charge in [-0.2, -0.15) is 0 Å². The molecule has 29 heavy (non-hydrogen) atoms. The highest BCUT2D eigenvalue weighted by Crippen LogP contribution is 2.25. The molecule has 0 radical (unpaired) electrons. The number of sulfonamides is 1. The van der Waals surface area contributed by atoms with Gasteiger partial charge in [0.15, 0.2) is 0 Å². The Labute approximate surface area is 174 Å². The highest BCUT2D eigenvalue weighted by Gasteiger charge is 2.23. The van der Waals surface area contributed by atoms with Crippen LogP contribution >= 0.6 is 11.8 Å². The van der Waals surface area contributed by atoms with Crippen molar-refractivity contribution in [2.24, 2.45) is 0 Å². The molecule has 2 aromatic rings. The normalized spacial score (nSPS) is 14.8. The van der Waals surface area contributed by atoms with Crippen LogP contribution in [-0.2, 0) is 21.2 Å². The molecule has 0 saturated carbocycles. The lowest BCUT2D eigenvalue weighted by Gasteiger charge is -2.27. The first-order valence-electron chi connectivity index (χ1n) is 9.20. The Hall–Kier alpha value is -1.94. The third-order valence-electron chi connectivity index (χ3n) is 4.63. The van der Waals surface area contributed by atoms with Crippen molar-refractivity contribution in [2.45, 2.75) is 16.2 Å². The molecule has 0 atom stereocenters. The zero-order chi connectivity index (χ0) is 20.9. The number of thioether (sulfide) groups is 1. The van der Waals surface area contributed by atoms with Gasteiger partial charge >= 0.3 is 0 Å². The minimum absolute atomic E-state index is 0.0472. The highest BCUT2D eigenvalue weighted by molar-refractivity contribution is 7.98. The lowest BCUT2D eigenvalue weighted by molar-refractivity contribution is 0.0300. The van der Waals surface area contributed by atoms with E-state index in [1.165, 1.54) is 36.0 Å². The molecule has 3 rings (SSSR count). The maximum Gasteiger partial charge on any atom is 0.255 e. The van der Waals surface area contributed by atoms with Crippen LogP contribution in [0.2, 0.25) is 0 Å². The number of ether oxygens (including phenoxy) is 1. The van der Waals surface area contributed by atoms with Gasteiger partial charge in [-0.05, 0) is 48.6 Å². The lowest BCUT2D eigenvalue weighted by Crippen LogP contribution is -2.41. The third-order valence-corrected chi connectivity index (χ3v) is 6.88. The molecule has 0 spiro atoms. The topological polar surface area (TPSA) is 75.7 Å². The molecule has 1 aliphatic heterocycles. The second-order valence-corrected chi connectivity index (χ2v) is 9.16. The largest absolute Gasteiger partial charge is 0.378 e. The fourth-order valence-electron chi connectivity index (χ4n) is 3.02. The van der Waals surface area contributed by atoms with E-state index < -0.39 is 10.0 Å². The summed E-state index contributed by atoms with van der Waals surface area (Å²) in [6, 6.07) is 10.5. The van der Waals surface area contributed by atoms with Crippen LogP contribution in [0.1, 0.15) is 15.9 Å². The Morgan fingerprint density at radius 2 is 1.86 bits per heavy atom. The number of nitrogens with zero attached hydrogens (tertiary/aromatic N) is 1. The van der Waals surface area contributed by atoms with E-state index in [9.17, 15) is 17.6 Å². The maximum atomic E-state index is 13.0. The van der Waals surface area contributed by atoms with Gasteiger partial charge in [-0.1, -0.05) is 12.1 Å². The fraction of sp³-hybridized carbons (Fsp3) is 0.350. The molecule has 1 N–H and O–H groups in total.